The zero-order chi connectivity index (χ0) is 18.4. The number of ether oxygens (including phenoxy) is 3. The maximum Gasteiger partial charge on any atom is 0.534 e. The smallest absolute Gasteiger partial charge is 0.466 e. The van der Waals surface area contributed by atoms with Crippen molar-refractivity contribution >= 4 is 16.1 Å². The van der Waals surface area contributed by atoms with Crippen molar-refractivity contribution in [1.82, 2.24) is 0 Å². The standard InChI is InChI=1S/C13H15F3O7S/c1-9(17)21-7-6-10-4-3-5-11(22-8-20-2)12(10)23-24(18,19)13(14,15)16/h3-5H,6-8H2,1-2H3. The molecule has 0 aliphatic rings. The Kier molecular flexibility index (Phi) is 6.84. The lowest BCUT2D eigenvalue weighted by Gasteiger charge is -2.16. The summed E-state index contributed by atoms with van der Waals surface area (Å²) in [7, 11) is -4.62. The van der Waals surface area contributed by atoms with E-state index in [1.54, 1.807) is 0 Å². The van der Waals surface area contributed by atoms with Crippen molar-refractivity contribution < 1.29 is 44.8 Å². The van der Waals surface area contributed by atoms with Gasteiger partial charge in [0.15, 0.2) is 18.3 Å². The lowest BCUT2D eigenvalue weighted by Crippen LogP contribution is -2.28. The van der Waals surface area contributed by atoms with Gasteiger partial charge in [-0.25, -0.2) is 0 Å². The Morgan fingerprint density at radius 1 is 1.25 bits per heavy atom. The van der Waals surface area contributed by atoms with Crippen molar-refractivity contribution in [2.75, 3.05) is 20.5 Å². The molecule has 136 valence electrons. The average molecular weight is 372 g/mol. The normalized spacial score (nSPS) is 11.9. The molecule has 0 saturated carbocycles. The topological polar surface area (TPSA) is 88.1 Å². The Bertz CT molecular complexity index is 671. The van der Waals surface area contributed by atoms with Gasteiger partial charge in [-0.3, -0.25) is 4.79 Å². The zero-order valence-corrected chi connectivity index (χ0v) is 13.6. The summed E-state index contributed by atoms with van der Waals surface area (Å²) in [5.74, 6) is -1.49. The monoisotopic (exact) mass is 372 g/mol. The second-order valence-corrected chi connectivity index (χ2v) is 5.91. The Morgan fingerprint density at radius 3 is 2.46 bits per heavy atom. The minimum atomic E-state index is -5.89. The highest BCUT2D eigenvalue weighted by Crippen LogP contribution is 2.36. The van der Waals surface area contributed by atoms with E-state index in [1.165, 1.54) is 25.3 Å². The van der Waals surface area contributed by atoms with E-state index in [-0.39, 0.29) is 31.1 Å². The fraction of sp³-hybridized carbons (Fsp3) is 0.462. The van der Waals surface area contributed by atoms with Crippen LogP contribution in [0.5, 0.6) is 11.5 Å². The van der Waals surface area contributed by atoms with Gasteiger partial charge in [-0.1, -0.05) is 12.1 Å². The van der Waals surface area contributed by atoms with Crippen molar-refractivity contribution in [2.24, 2.45) is 0 Å². The van der Waals surface area contributed by atoms with Crippen molar-refractivity contribution in [2.45, 2.75) is 18.9 Å². The molecule has 0 N–H and O–H groups in total. The van der Waals surface area contributed by atoms with Crippen molar-refractivity contribution in [3.63, 3.8) is 0 Å². The number of esters is 1. The van der Waals surface area contributed by atoms with Crippen LogP contribution in [0.25, 0.3) is 0 Å². The molecule has 0 bridgehead atoms. The molecule has 0 unspecified atom stereocenters. The number of methoxy groups -OCH3 is 1. The predicted molar refractivity (Wildman–Crippen MR) is 74.9 cm³/mol. The quantitative estimate of drug-likeness (QED) is 0.298. The predicted octanol–water partition coefficient (Wildman–Crippen LogP) is 2.00. The van der Waals surface area contributed by atoms with Gasteiger partial charge in [0.25, 0.3) is 0 Å². The molecule has 0 fully saturated rings. The molecule has 0 aromatic heterocycles. The van der Waals surface area contributed by atoms with Crippen LogP contribution in [0.15, 0.2) is 18.2 Å². The molecular formula is C13H15F3O7S. The van der Waals surface area contributed by atoms with Gasteiger partial charge in [0, 0.05) is 26.0 Å². The van der Waals surface area contributed by atoms with Gasteiger partial charge in [-0.05, 0) is 6.07 Å². The molecule has 24 heavy (non-hydrogen) atoms. The highest BCUT2D eigenvalue weighted by molar-refractivity contribution is 7.88. The van der Waals surface area contributed by atoms with Crippen molar-refractivity contribution in [3.8, 4) is 11.5 Å². The largest absolute Gasteiger partial charge is 0.534 e. The first kappa shape index (κ1) is 20.0. The van der Waals surface area contributed by atoms with Crippen LogP contribution in [-0.2, 0) is 30.8 Å². The molecule has 0 amide bonds. The van der Waals surface area contributed by atoms with E-state index in [1.807, 2.05) is 0 Å². The second-order valence-electron chi connectivity index (χ2n) is 4.37. The number of carbonyl (C=O) groups is 1. The highest BCUT2D eigenvalue weighted by Gasteiger charge is 2.49. The molecule has 0 radical (unpaired) electrons. The Morgan fingerprint density at radius 2 is 1.92 bits per heavy atom. The van der Waals surface area contributed by atoms with E-state index < -0.39 is 27.3 Å². The molecule has 0 spiro atoms. The third-order valence-electron chi connectivity index (χ3n) is 2.55. The first-order valence-corrected chi connectivity index (χ1v) is 7.87. The maximum absolute atomic E-state index is 12.5. The average Bonchev–Trinajstić information content (AvgIpc) is 2.45. The number of alkyl halides is 3. The second kappa shape index (κ2) is 8.20. The van der Waals surface area contributed by atoms with Crippen LogP contribution < -0.4 is 8.92 Å². The van der Waals surface area contributed by atoms with Gasteiger partial charge in [-0.15, -0.1) is 0 Å². The Balaban J connectivity index is 3.17. The van der Waals surface area contributed by atoms with E-state index >= 15 is 0 Å². The molecular weight excluding hydrogens is 357 g/mol. The van der Waals surface area contributed by atoms with Gasteiger partial charge in [-0.2, -0.15) is 21.6 Å². The van der Waals surface area contributed by atoms with E-state index in [0.717, 1.165) is 6.92 Å². The number of rotatable bonds is 8. The molecule has 1 aromatic rings. The fourth-order valence-electron chi connectivity index (χ4n) is 1.55. The third kappa shape index (κ3) is 5.57. The van der Waals surface area contributed by atoms with E-state index in [4.69, 9.17) is 4.74 Å². The highest BCUT2D eigenvalue weighted by atomic mass is 32.2. The fourth-order valence-corrected chi connectivity index (χ4v) is 2.05. The molecule has 0 saturated heterocycles. The van der Waals surface area contributed by atoms with E-state index in [9.17, 15) is 26.4 Å². The van der Waals surface area contributed by atoms with Crippen LogP contribution in [0.1, 0.15) is 12.5 Å². The van der Waals surface area contributed by atoms with Gasteiger partial charge >= 0.3 is 21.6 Å². The summed E-state index contributed by atoms with van der Waals surface area (Å²) < 4.78 is 78.7. The number of benzene rings is 1. The molecule has 0 aliphatic carbocycles. The summed E-state index contributed by atoms with van der Waals surface area (Å²) >= 11 is 0. The minimum Gasteiger partial charge on any atom is -0.466 e. The first-order chi connectivity index (χ1) is 11.1. The molecule has 0 aliphatic heterocycles. The van der Waals surface area contributed by atoms with Crippen LogP contribution in [0, 0.1) is 0 Å². The number of hydrogen-bond donors (Lipinski definition) is 0. The lowest BCUT2D eigenvalue weighted by atomic mass is 10.1. The molecule has 0 atom stereocenters. The van der Waals surface area contributed by atoms with Gasteiger partial charge in [0.2, 0.25) is 0 Å². The van der Waals surface area contributed by atoms with Crippen LogP contribution in [0.2, 0.25) is 0 Å². The SMILES string of the molecule is COCOc1cccc(CCOC(C)=O)c1OS(=O)(=O)C(F)(F)F. The number of para-hydroxylation sites is 1. The number of halogens is 3. The van der Waals surface area contributed by atoms with E-state index in [2.05, 4.69) is 13.7 Å². The summed E-state index contributed by atoms with van der Waals surface area (Å²) in [5.41, 5.74) is -5.55. The maximum atomic E-state index is 12.5. The third-order valence-corrected chi connectivity index (χ3v) is 3.50. The van der Waals surface area contributed by atoms with Crippen LogP contribution in [-0.4, -0.2) is 40.4 Å². The summed E-state index contributed by atoms with van der Waals surface area (Å²) in [5, 5.41) is 0. The van der Waals surface area contributed by atoms with Crippen LogP contribution >= 0.6 is 0 Å². The van der Waals surface area contributed by atoms with Crippen molar-refractivity contribution in [1.29, 1.82) is 0 Å². The summed E-state index contributed by atoms with van der Waals surface area (Å²) in [6.07, 6.45) is -0.0769. The number of hydrogen-bond acceptors (Lipinski definition) is 7. The molecule has 7 nitrogen and oxygen atoms in total. The molecule has 11 heteroatoms. The summed E-state index contributed by atoms with van der Waals surface area (Å²) in [6.45, 7) is 0.644. The van der Waals surface area contributed by atoms with E-state index in [0.29, 0.717) is 0 Å². The summed E-state index contributed by atoms with van der Waals surface area (Å²) in [6, 6.07) is 3.96. The van der Waals surface area contributed by atoms with Gasteiger partial charge in [0.1, 0.15) is 0 Å². The van der Waals surface area contributed by atoms with Crippen LogP contribution in [0.4, 0.5) is 13.2 Å². The van der Waals surface area contributed by atoms with Crippen LogP contribution in [0.3, 0.4) is 0 Å². The van der Waals surface area contributed by atoms with Crippen molar-refractivity contribution in [3.05, 3.63) is 23.8 Å². The Hall–Kier alpha value is -2.01. The van der Waals surface area contributed by atoms with Gasteiger partial charge < -0.3 is 18.4 Å². The number of carbonyl (C=O) groups excluding carboxylic acids is 1. The molecule has 0 heterocycles. The minimum absolute atomic E-state index is 0.0534. The lowest BCUT2D eigenvalue weighted by molar-refractivity contribution is -0.140. The molecule has 1 aromatic carbocycles. The summed E-state index contributed by atoms with van der Waals surface area (Å²) in [4.78, 5) is 10.7. The molecule has 1 rings (SSSR count). The van der Waals surface area contributed by atoms with Gasteiger partial charge in [0.05, 0.1) is 6.61 Å². The zero-order valence-electron chi connectivity index (χ0n) is 12.8. The first-order valence-electron chi connectivity index (χ1n) is 6.46. The Labute approximate surface area is 136 Å².